The number of hydrogen-bond acceptors (Lipinski definition) is 2. The molecule has 0 radical (unpaired) electrons. The first-order valence-corrected chi connectivity index (χ1v) is 7.16. The zero-order chi connectivity index (χ0) is 14.5. The number of halogens is 1. The quantitative estimate of drug-likeness (QED) is 0.877. The van der Waals surface area contributed by atoms with Crippen molar-refractivity contribution in [1.29, 1.82) is 0 Å². The van der Waals surface area contributed by atoms with E-state index in [0.717, 1.165) is 28.9 Å². The van der Waals surface area contributed by atoms with Gasteiger partial charge in [-0.3, -0.25) is 0 Å². The maximum Gasteiger partial charge on any atom is 0.119 e. The normalized spacial score (nSPS) is 12.2. The minimum atomic E-state index is -0.673. The first-order valence-electron chi connectivity index (χ1n) is 6.78. The summed E-state index contributed by atoms with van der Waals surface area (Å²) in [7, 11) is 0. The van der Waals surface area contributed by atoms with Crippen LogP contribution in [0, 0.1) is 6.92 Å². The highest BCUT2D eigenvalue weighted by Gasteiger charge is 2.11. The molecule has 2 nitrogen and oxygen atoms in total. The molecule has 1 N–H and O–H groups in total. The molecule has 2 aromatic rings. The fourth-order valence-electron chi connectivity index (χ4n) is 1.94. The number of rotatable bonds is 5. The van der Waals surface area contributed by atoms with E-state index in [-0.39, 0.29) is 0 Å². The first-order chi connectivity index (χ1) is 9.61. The Hall–Kier alpha value is -1.51. The summed E-state index contributed by atoms with van der Waals surface area (Å²) in [5.74, 6) is 0.824. The molecule has 1 atom stereocenters. The van der Waals surface area contributed by atoms with Crippen molar-refractivity contribution in [3.05, 3.63) is 64.2 Å². The second-order valence-electron chi connectivity index (χ2n) is 4.83. The number of aryl methyl sites for hydroxylation is 1. The summed E-state index contributed by atoms with van der Waals surface area (Å²) in [5, 5.41) is 11.0. The van der Waals surface area contributed by atoms with E-state index in [1.807, 2.05) is 49.4 Å². The van der Waals surface area contributed by atoms with Gasteiger partial charge in [-0.1, -0.05) is 42.8 Å². The Kier molecular flexibility index (Phi) is 5.05. The van der Waals surface area contributed by atoms with Crippen molar-refractivity contribution in [3.63, 3.8) is 0 Å². The molecule has 0 aliphatic rings. The lowest BCUT2D eigenvalue weighted by atomic mass is 10.0. The monoisotopic (exact) mass is 290 g/mol. The van der Waals surface area contributed by atoms with Gasteiger partial charge in [0.15, 0.2) is 0 Å². The van der Waals surface area contributed by atoms with Crippen LogP contribution in [0.3, 0.4) is 0 Å². The molecule has 2 aromatic carbocycles. The van der Waals surface area contributed by atoms with E-state index < -0.39 is 6.10 Å². The lowest BCUT2D eigenvalue weighted by Crippen LogP contribution is -2.00. The molecule has 0 spiro atoms. The molecule has 0 saturated carbocycles. The van der Waals surface area contributed by atoms with Gasteiger partial charge in [-0.15, -0.1) is 0 Å². The van der Waals surface area contributed by atoms with Gasteiger partial charge >= 0.3 is 0 Å². The molecule has 0 amide bonds. The Balaban J connectivity index is 2.15. The average molecular weight is 291 g/mol. The summed E-state index contributed by atoms with van der Waals surface area (Å²) in [6.45, 7) is 4.72. The molecule has 20 heavy (non-hydrogen) atoms. The second-order valence-corrected chi connectivity index (χ2v) is 5.24. The molecule has 106 valence electrons. The zero-order valence-electron chi connectivity index (χ0n) is 11.8. The second kappa shape index (κ2) is 6.78. The third-order valence-electron chi connectivity index (χ3n) is 3.18. The van der Waals surface area contributed by atoms with Gasteiger partial charge in [-0.2, -0.15) is 0 Å². The third kappa shape index (κ3) is 3.53. The Labute approximate surface area is 125 Å². The van der Waals surface area contributed by atoms with Crippen LogP contribution in [0.15, 0.2) is 42.5 Å². The van der Waals surface area contributed by atoms with Crippen LogP contribution in [0.25, 0.3) is 0 Å². The predicted octanol–water partition coefficient (Wildman–Crippen LogP) is 4.52. The number of benzene rings is 2. The van der Waals surface area contributed by atoms with Crippen LogP contribution in [0.5, 0.6) is 5.75 Å². The molecule has 3 heteroatoms. The molecule has 2 rings (SSSR count). The molecule has 0 fully saturated rings. The number of ether oxygens (including phenoxy) is 1. The van der Waals surface area contributed by atoms with Crippen LogP contribution in [0.2, 0.25) is 5.02 Å². The highest BCUT2D eigenvalue weighted by atomic mass is 35.5. The fraction of sp³-hybridized carbons (Fsp3) is 0.294. The minimum Gasteiger partial charge on any atom is -0.494 e. The fourth-order valence-corrected chi connectivity index (χ4v) is 2.13. The Morgan fingerprint density at radius 1 is 1.10 bits per heavy atom. The first kappa shape index (κ1) is 14.9. The van der Waals surface area contributed by atoms with Crippen molar-refractivity contribution in [2.24, 2.45) is 0 Å². The van der Waals surface area contributed by atoms with Crippen LogP contribution in [-0.2, 0) is 0 Å². The SMILES string of the molecule is CCCOc1ccc(C(O)c2ccc(C)c(Cl)c2)cc1. The summed E-state index contributed by atoms with van der Waals surface area (Å²) >= 11 is 6.10. The lowest BCUT2D eigenvalue weighted by Gasteiger charge is -2.13. The molecular formula is C17H19ClO2. The van der Waals surface area contributed by atoms with Crippen molar-refractivity contribution >= 4 is 11.6 Å². The van der Waals surface area contributed by atoms with E-state index in [1.54, 1.807) is 0 Å². The highest BCUT2D eigenvalue weighted by Crippen LogP contribution is 2.27. The Bertz CT molecular complexity index is 564. The third-order valence-corrected chi connectivity index (χ3v) is 3.59. The van der Waals surface area contributed by atoms with Crippen LogP contribution in [0.4, 0.5) is 0 Å². The van der Waals surface area contributed by atoms with Crippen LogP contribution >= 0.6 is 11.6 Å². The van der Waals surface area contributed by atoms with E-state index in [1.165, 1.54) is 0 Å². The van der Waals surface area contributed by atoms with E-state index >= 15 is 0 Å². The maximum absolute atomic E-state index is 10.4. The van der Waals surface area contributed by atoms with Gasteiger partial charge in [0.25, 0.3) is 0 Å². The van der Waals surface area contributed by atoms with E-state index in [0.29, 0.717) is 11.6 Å². The van der Waals surface area contributed by atoms with Gasteiger partial charge in [0.2, 0.25) is 0 Å². The molecule has 0 saturated heterocycles. The van der Waals surface area contributed by atoms with Crippen molar-refractivity contribution in [1.82, 2.24) is 0 Å². The zero-order valence-corrected chi connectivity index (χ0v) is 12.5. The summed E-state index contributed by atoms with van der Waals surface area (Å²) < 4.78 is 5.53. The molecule has 0 aromatic heterocycles. The highest BCUT2D eigenvalue weighted by molar-refractivity contribution is 6.31. The van der Waals surface area contributed by atoms with E-state index in [9.17, 15) is 5.11 Å². The topological polar surface area (TPSA) is 29.5 Å². The van der Waals surface area contributed by atoms with Crippen LogP contribution in [-0.4, -0.2) is 11.7 Å². The molecule has 1 unspecified atom stereocenters. The molecule has 0 aliphatic heterocycles. The summed E-state index contributed by atoms with van der Waals surface area (Å²) in [4.78, 5) is 0. The Morgan fingerprint density at radius 2 is 1.75 bits per heavy atom. The minimum absolute atomic E-state index is 0.671. The summed E-state index contributed by atoms with van der Waals surface area (Å²) in [6, 6.07) is 13.1. The number of aliphatic hydroxyl groups excluding tert-OH is 1. The van der Waals surface area contributed by atoms with Crippen molar-refractivity contribution < 1.29 is 9.84 Å². The molecule has 0 bridgehead atoms. The standard InChI is InChI=1S/C17H19ClO2/c1-3-10-20-15-8-6-13(7-9-15)17(19)14-5-4-12(2)16(18)11-14/h4-9,11,17,19H,3,10H2,1-2H3. The number of hydrogen-bond donors (Lipinski definition) is 1. The summed E-state index contributed by atoms with van der Waals surface area (Å²) in [5.41, 5.74) is 2.63. The smallest absolute Gasteiger partial charge is 0.119 e. The van der Waals surface area contributed by atoms with E-state index in [2.05, 4.69) is 6.92 Å². The van der Waals surface area contributed by atoms with Crippen molar-refractivity contribution in [2.45, 2.75) is 26.4 Å². The average Bonchev–Trinajstić information content (AvgIpc) is 2.48. The van der Waals surface area contributed by atoms with Gasteiger partial charge in [0.05, 0.1) is 6.61 Å². The Morgan fingerprint density at radius 3 is 2.35 bits per heavy atom. The van der Waals surface area contributed by atoms with Gasteiger partial charge in [0.1, 0.15) is 11.9 Å². The predicted molar refractivity (Wildman–Crippen MR) is 82.5 cm³/mol. The number of aliphatic hydroxyl groups is 1. The molecule has 0 aliphatic carbocycles. The van der Waals surface area contributed by atoms with Gasteiger partial charge in [-0.05, 0) is 48.2 Å². The largest absolute Gasteiger partial charge is 0.494 e. The van der Waals surface area contributed by atoms with Crippen LogP contribution < -0.4 is 4.74 Å². The molecule has 0 heterocycles. The van der Waals surface area contributed by atoms with Crippen LogP contribution in [0.1, 0.15) is 36.1 Å². The summed E-state index contributed by atoms with van der Waals surface area (Å²) in [6.07, 6.45) is 0.306. The molecular weight excluding hydrogens is 272 g/mol. The van der Waals surface area contributed by atoms with Gasteiger partial charge in [0, 0.05) is 5.02 Å². The maximum atomic E-state index is 10.4. The van der Waals surface area contributed by atoms with Crippen molar-refractivity contribution in [3.8, 4) is 5.75 Å². The van der Waals surface area contributed by atoms with E-state index in [4.69, 9.17) is 16.3 Å². The van der Waals surface area contributed by atoms with Gasteiger partial charge in [-0.25, -0.2) is 0 Å². The van der Waals surface area contributed by atoms with Crippen molar-refractivity contribution in [2.75, 3.05) is 6.61 Å². The van der Waals surface area contributed by atoms with Gasteiger partial charge < -0.3 is 9.84 Å². The lowest BCUT2D eigenvalue weighted by molar-refractivity contribution is 0.220.